The van der Waals surface area contributed by atoms with Gasteiger partial charge in [-0.25, -0.2) is 4.98 Å². The fourth-order valence-electron chi connectivity index (χ4n) is 3.75. The van der Waals surface area contributed by atoms with E-state index in [-0.39, 0.29) is 0 Å². The summed E-state index contributed by atoms with van der Waals surface area (Å²) >= 11 is 0. The Morgan fingerprint density at radius 2 is 1.94 bits per heavy atom. The molecule has 0 aliphatic carbocycles. The van der Waals surface area contributed by atoms with Gasteiger partial charge in [-0.1, -0.05) is 18.2 Å². The first-order valence-corrected chi connectivity index (χ1v) is 11.2. The zero-order valence-corrected chi connectivity index (χ0v) is 19.4. The van der Waals surface area contributed by atoms with Crippen LogP contribution < -0.4 is 20.4 Å². The largest absolute Gasteiger partial charge is 0.370 e. The van der Waals surface area contributed by atoms with Gasteiger partial charge in [-0.3, -0.25) is 4.99 Å². The van der Waals surface area contributed by atoms with Gasteiger partial charge >= 0.3 is 0 Å². The second kappa shape index (κ2) is 11.6. The molecule has 0 saturated carbocycles. The lowest BCUT2D eigenvalue weighted by molar-refractivity contribution is 0.312. The fourth-order valence-corrected chi connectivity index (χ4v) is 3.75. The number of nitrogens with zero attached hydrogens (tertiary/aromatic N) is 5. The smallest absolute Gasteiger partial charge is 0.191 e. The Hall–Kier alpha value is -2.80. The van der Waals surface area contributed by atoms with Crippen molar-refractivity contribution in [1.29, 1.82) is 0 Å². The quantitative estimate of drug-likeness (QED) is 0.502. The molecule has 0 amide bonds. The van der Waals surface area contributed by atoms with E-state index in [1.807, 2.05) is 13.2 Å². The number of aromatic nitrogens is 1. The molecule has 0 bridgehead atoms. The number of aliphatic imine (C=N–C) groups is 1. The Balaban J connectivity index is 1.43. The highest BCUT2D eigenvalue weighted by atomic mass is 15.3. The van der Waals surface area contributed by atoms with E-state index >= 15 is 0 Å². The Labute approximate surface area is 187 Å². The van der Waals surface area contributed by atoms with Crippen LogP contribution in [0.2, 0.25) is 0 Å². The van der Waals surface area contributed by atoms with E-state index in [2.05, 4.69) is 92.6 Å². The number of rotatable bonds is 8. The lowest BCUT2D eigenvalue weighted by atomic mass is 10.2. The first kappa shape index (κ1) is 22.9. The number of nitrogens with one attached hydrogen (secondary N) is 2. The van der Waals surface area contributed by atoms with Gasteiger partial charge in [-0.2, -0.15) is 0 Å². The maximum atomic E-state index is 4.67. The number of anilines is 2. The summed E-state index contributed by atoms with van der Waals surface area (Å²) in [5, 5.41) is 6.81. The van der Waals surface area contributed by atoms with E-state index in [4.69, 9.17) is 0 Å². The summed E-state index contributed by atoms with van der Waals surface area (Å²) < 4.78 is 0. The molecule has 168 valence electrons. The Bertz CT molecular complexity index is 826. The van der Waals surface area contributed by atoms with Crippen molar-refractivity contribution in [2.75, 3.05) is 69.7 Å². The van der Waals surface area contributed by atoms with Crippen molar-refractivity contribution in [3.05, 3.63) is 53.7 Å². The molecule has 0 unspecified atom stereocenters. The van der Waals surface area contributed by atoms with Crippen molar-refractivity contribution >= 4 is 17.5 Å². The molecule has 1 saturated heterocycles. The summed E-state index contributed by atoms with van der Waals surface area (Å²) in [6.45, 7) is 12.0. The molecular formula is C24H37N7. The predicted molar refractivity (Wildman–Crippen MR) is 131 cm³/mol. The van der Waals surface area contributed by atoms with Gasteiger partial charge in [-0.15, -0.1) is 0 Å². The minimum atomic E-state index is 0.699. The van der Waals surface area contributed by atoms with Crippen LogP contribution in [0.3, 0.4) is 0 Å². The molecule has 1 aliphatic rings. The second-order valence-electron chi connectivity index (χ2n) is 8.09. The Kier molecular flexibility index (Phi) is 8.53. The van der Waals surface area contributed by atoms with Crippen molar-refractivity contribution in [2.45, 2.75) is 20.4 Å². The molecule has 2 heterocycles. The minimum absolute atomic E-state index is 0.699. The molecule has 1 aliphatic heterocycles. The number of hydrogen-bond acceptors (Lipinski definition) is 5. The molecule has 0 radical (unpaired) electrons. The monoisotopic (exact) mass is 423 g/mol. The SMILES string of the molecule is CCN(CCNC(=NC)NCc1ccc(N2CCN(C)CC2)nc1)c1cccc(C)c1. The maximum Gasteiger partial charge on any atom is 0.191 e. The summed E-state index contributed by atoms with van der Waals surface area (Å²) in [6.07, 6.45) is 1.96. The third-order valence-corrected chi connectivity index (χ3v) is 5.74. The second-order valence-corrected chi connectivity index (χ2v) is 8.09. The van der Waals surface area contributed by atoms with Crippen molar-refractivity contribution < 1.29 is 0 Å². The zero-order chi connectivity index (χ0) is 22.1. The molecule has 31 heavy (non-hydrogen) atoms. The van der Waals surface area contributed by atoms with Crippen LogP contribution in [0.1, 0.15) is 18.1 Å². The normalized spacial score (nSPS) is 15.1. The molecule has 7 heteroatoms. The maximum absolute atomic E-state index is 4.67. The fraction of sp³-hybridized carbons (Fsp3) is 0.500. The average molecular weight is 424 g/mol. The Morgan fingerprint density at radius 1 is 1.13 bits per heavy atom. The van der Waals surface area contributed by atoms with Gasteiger partial charge in [0, 0.05) is 71.3 Å². The van der Waals surface area contributed by atoms with Crippen LogP contribution in [0.15, 0.2) is 47.6 Å². The molecule has 7 nitrogen and oxygen atoms in total. The molecule has 3 rings (SSSR count). The lowest BCUT2D eigenvalue weighted by Crippen LogP contribution is -2.44. The van der Waals surface area contributed by atoms with Gasteiger partial charge in [-0.05, 0) is 50.2 Å². The van der Waals surface area contributed by atoms with Crippen LogP contribution in [0.5, 0.6) is 0 Å². The third-order valence-electron chi connectivity index (χ3n) is 5.74. The number of aryl methyl sites for hydroxylation is 1. The molecule has 2 N–H and O–H groups in total. The van der Waals surface area contributed by atoms with E-state index in [9.17, 15) is 0 Å². The van der Waals surface area contributed by atoms with Gasteiger partial charge < -0.3 is 25.3 Å². The molecule has 1 fully saturated rings. The summed E-state index contributed by atoms with van der Waals surface area (Å²) in [5.74, 6) is 1.87. The molecular weight excluding hydrogens is 386 g/mol. The summed E-state index contributed by atoms with van der Waals surface area (Å²) in [5.41, 5.74) is 3.70. The van der Waals surface area contributed by atoms with E-state index in [0.29, 0.717) is 6.54 Å². The number of piperazine rings is 1. The minimum Gasteiger partial charge on any atom is -0.370 e. The summed E-state index contributed by atoms with van der Waals surface area (Å²) in [6, 6.07) is 12.9. The van der Waals surface area contributed by atoms with E-state index in [1.54, 1.807) is 0 Å². The van der Waals surface area contributed by atoms with Crippen molar-refractivity contribution in [1.82, 2.24) is 20.5 Å². The van der Waals surface area contributed by atoms with E-state index in [0.717, 1.165) is 63.2 Å². The highest BCUT2D eigenvalue weighted by Crippen LogP contribution is 2.15. The standard InChI is InChI=1S/C24H37N7/c1-5-30(22-8-6-7-20(2)17-22)12-11-26-24(25-3)28-19-21-9-10-23(27-18-21)31-15-13-29(4)14-16-31/h6-10,17-18H,5,11-16,19H2,1-4H3,(H2,25,26,28). The van der Waals surface area contributed by atoms with Crippen LogP contribution in [0, 0.1) is 6.92 Å². The zero-order valence-electron chi connectivity index (χ0n) is 19.4. The number of hydrogen-bond donors (Lipinski definition) is 2. The van der Waals surface area contributed by atoms with Gasteiger partial charge in [0.15, 0.2) is 5.96 Å². The van der Waals surface area contributed by atoms with Gasteiger partial charge in [0.05, 0.1) is 0 Å². The molecule has 1 aromatic carbocycles. The lowest BCUT2D eigenvalue weighted by Gasteiger charge is -2.33. The van der Waals surface area contributed by atoms with Gasteiger partial charge in [0.2, 0.25) is 0 Å². The van der Waals surface area contributed by atoms with Crippen LogP contribution in [-0.2, 0) is 6.54 Å². The highest BCUT2D eigenvalue weighted by molar-refractivity contribution is 5.79. The van der Waals surface area contributed by atoms with Crippen LogP contribution in [0.25, 0.3) is 0 Å². The molecule has 0 spiro atoms. The average Bonchev–Trinajstić information content (AvgIpc) is 2.79. The van der Waals surface area contributed by atoms with Crippen LogP contribution >= 0.6 is 0 Å². The van der Waals surface area contributed by atoms with Crippen molar-refractivity contribution in [3.63, 3.8) is 0 Å². The van der Waals surface area contributed by atoms with Crippen molar-refractivity contribution in [2.24, 2.45) is 4.99 Å². The first-order chi connectivity index (χ1) is 15.1. The van der Waals surface area contributed by atoms with Gasteiger partial charge in [0.25, 0.3) is 0 Å². The van der Waals surface area contributed by atoms with E-state index in [1.165, 1.54) is 11.3 Å². The summed E-state index contributed by atoms with van der Waals surface area (Å²) in [7, 11) is 3.98. The number of benzene rings is 1. The van der Waals surface area contributed by atoms with Gasteiger partial charge in [0.1, 0.15) is 5.82 Å². The molecule has 0 atom stereocenters. The number of pyridine rings is 1. The summed E-state index contributed by atoms with van der Waals surface area (Å²) in [4.78, 5) is 16.1. The van der Waals surface area contributed by atoms with E-state index < -0.39 is 0 Å². The highest BCUT2D eigenvalue weighted by Gasteiger charge is 2.15. The number of guanidine groups is 1. The Morgan fingerprint density at radius 3 is 2.58 bits per heavy atom. The molecule has 2 aromatic rings. The number of likely N-dealkylation sites (N-methyl/N-ethyl adjacent to an activating group) is 2. The predicted octanol–water partition coefficient (Wildman–Crippen LogP) is 2.33. The first-order valence-electron chi connectivity index (χ1n) is 11.2. The topological polar surface area (TPSA) is 59.0 Å². The molecule has 1 aromatic heterocycles. The van der Waals surface area contributed by atoms with Crippen molar-refractivity contribution in [3.8, 4) is 0 Å². The van der Waals surface area contributed by atoms with Crippen LogP contribution in [0.4, 0.5) is 11.5 Å². The van der Waals surface area contributed by atoms with Crippen LogP contribution in [-0.4, -0.2) is 75.8 Å². The third kappa shape index (κ3) is 6.85.